The summed E-state index contributed by atoms with van der Waals surface area (Å²) in [6.45, 7) is 8.75. The van der Waals surface area contributed by atoms with E-state index in [-0.39, 0.29) is 11.9 Å². The number of thiophene rings is 1. The Morgan fingerprint density at radius 2 is 1.97 bits per heavy atom. The van der Waals surface area contributed by atoms with Crippen LogP contribution in [-0.4, -0.2) is 42.5 Å². The van der Waals surface area contributed by atoms with Gasteiger partial charge in [-0.15, -0.1) is 11.3 Å². The van der Waals surface area contributed by atoms with E-state index in [1.165, 1.54) is 29.7 Å². The molecule has 1 amide bonds. The second kappa shape index (κ2) is 8.74. The van der Waals surface area contributed by atoms with Gasteiger partial charge in [-0.2, -0.15) is 0 Å². The van der Waals surface area contributed by atoms with Crippen LogP contribution in [0.15, 0.2) is 30.3 Å². The van der Waals surface area contributed by atoms with E-state index < -0.39 is 0 Å². The number of para-hydroxylation sites is 1. The van der Waals surface area contributed by atoms with Crippen molar-refractivity contribution in [3.63, 3.8) is 0 Å². The number of ether oxygens (including phenoxy) is 1. The van der Waals surface area contributed by atoms with Crippen molar-refractivity contribution in [2.24, 2.45) is 0 Å². The minimum Gasteiger partial charge on any atom is -0.496 e. The third kappa shape index (κ3) is 3.94. The molecule has 5 nitrogen and oxygen atoms in total. The lowest BCUT2D eigenvalue weighted by molar-refractivity contribution is 0.0941. The van der Waals surface area contributed by atoms with Gasteiger partial charge < -0.3 is 10.1 Å². The molecule has 3 heterocycles. The number of hydrogen-bond donors (Lipinski definition) is 1. The van der Waals surface area contributed by atoms with E-state index in [0.29, 0.717) is 6.54 Å². The Balaban J connectivity index is 1.59. The second-order valence-electron chi connectivity index (χ2n) is 8.03. The summed E-state index contributed by atoms with van der Waals surface area (Å²) in [7, 11) is 1.70. The number of nitrogens with one attached hydrogen (secondary N) is 1. The molecule has 0 unspecified atom stereocenters. The van der Waals surface area contributed by atoms with E-state index in [9.17, 15) is 4.79 Å². The molecule has 1 aliphatic rings. The fourth-order valence-corrected chi connectivity index (χ4v) is 5.76. The highest BCUT2D eigenvalue weighted by atomic mass is 32.1. The number of carbonyl (C=O) groups excluding carboxylic acids is 1. The highest BCUT2D eigenvalue weighted by molar-refractivity contribution is 7.20. The molecule has 0 radical (unpaired) electrons. The Morgan fingerprint density at radius 1 is 1.23 bits per heavy atom. The van der Waals surface area contributed by atoms with Crippen LogP contribution >= 0.6 is 11.3 Å². The van der Waals surface area contributed by atoms with Gasteiger partial charge in [-0.1, -0.05) is 18.2 Å². The molecular weight excluding hydrogens is 394 g/mol. The van der Waals surface area contributed by atoms with Crippen LogP contribution in [0.25, 0.3) is 10.2 Å². The van der Waals surface area contributed by atoms with Gasteiger partial charge in [0.25, 0.3) is 5.91 Å². The van der Waals surface area contributed by atoms with E-state index in [0.717, 1.165) is 50.8 Å². The number of fused-ring (bicyclic) bond motifs is 1. The number of aryl methyl sites for hydroxylation is 3. The molecule has 30 heavy (non-hydrogen) atoms. The molecule has 1 saturated heterocycles. The Kier molecular flexibility index (Phi) is 6.06. The number of pyridine rings is 1. The summed E-state index contributed by atoms with van der Waals surface area (Å²) in [4.78, 5) is 21.9. The number of nitrogens with zero attached hydrogens (tertiary/aromatic N) is 2. The minimum absolute atomic E-state index is 0.0216. The third-order valence-electron chi connectivity index (χ3n) is 5.97. The summed E-state index contributed by atoms with van der Waals surface area (Å²) in [5.74, 6) is 0.851. The minimum atomic E-state index is -0.0216. The van der Waals surface area contributed by atoms with Crippen molar-refractivity contribution < 1.29 is 9.53 Å². The number of aromatic nitrogens is 1. The Bertz CT molecular complexity index is 1070. The average Bonchev–Trinajstić information content (AvgIpc) is 3.36. The molecule has 1 aliphatic heterocycles. The molecule has 1 N–H and O–H groups in total. The molecule has 3 aromatic rings. The molecular formula is C24H29N3O2S. The second-order valence-corrected chi connectivity index (χ2v) is 9.03. The van der Waals surface area contributed by atoms with Crippen molar-refractivity contribution in [2.75, 3.05) is 26.7 Å². The topological polar surface area (TPSA) is 54.5 Å². The largest absolute Gasteiger partial charge is 0.496 e. The summed E-state index contributed by atoms with van der Waals surface area (Å²) in [6.07, 6.45) is 2.39. The third-order valence-corrected chi connectivity index (χ3v) is 7.15. The SMILES string of the molecule is COc1ccccc1[C@H](CNC(=O)c1sc2nc(C)cc(C)c2c1C)N1CCCC1. The van der Waals surface area contributed by atoms with Crippen molar-refractivity contribution in [1.82, 2.24) is 15.2 Å². The van der Waals surface area contributed by atoms with E-state index in [1.54, 1.807) is 7.11 Å². The van der Waals surface area contributed by atoms with E-state index in [4.69, 9.17) is 4.74 Å². The van der Waals surface area contributed by atoms with Crippen LogP contribution < -0.4 is 10.1 Å². The van der Waals surface area contributed by atoms with Crippen molar-refractivity contribution in [2.45, 2.75) is 39.7 Å². The van der Waals surface area contributed by atoms with E-state index in [2.05, 4.69) is 34.3 Å². The zero-order valence-corrected chi connectivity index (χ0v) is 18.9. The predicted octanol–water partition coefficient (Wildman–Crippen LogP) is 4.80. The van der Waals surface area contributed by atoms with Gasteiger partial charge >= 0.3 is 0 Å². The van der Waals surface area contributed by atoms with E-state index >= 15 is 0 Å². The first-order valence-electron chi connectivity index (χ1n) is 10.5. The standard InChI is InChI=1S/C24H29N3O2S/c1-15-13-16(2)26-24-21(15)17(3)22(30-24)23(28)25-14-19(27-11-7-8-12-27)18-9-5-6-10-20(18)29-4/h5-6,9-10,13,19H,7-8,11-12,14H2,1-4H3,(H,25,28)/t19-/m0/s1. The highest BCUT2D eigenvalue weighted by Crippen LogP contribution is 2.33. The Hall–Kier alpha value is -2.44. The van der Waals surface area contributed by atoms with Crippen molar-refractivity contribution in [1.29, 1.82) is 0 Å². The molecule has 158 valence electrons. The Morgan fingerprint density at radius 3 is 2.70 bits per heavy atom. The first-order chi connectivity index (χ1) is 14.5. The molecule has 0 spiro atoms. The van der Waals surface area contributed by atoms with Crippen LogP contribution in [0.5, 0.6) is 5.75 Å². The maximum Gasteiger partial charge on any atom is 0.261 e. The summed E-state index contributed by atoms with van der Waals surface area (Å²) < 4.78 is 5.62. The first-order valence-corrected chi connectivity index (χ1v) is 11.3. The van der Waals surface area contributed by atoms with Gasteiger partial charge in [0.2, 0.25) is 0 Å². The summed E-state index contributed by atoms with van der Waals surface area (Å²) in [5, 5.41) is 4.32. The molecule has 1 atom stereocenters. The van der Waals surface area contributed by atoms with Crippen molar-refractivity contribution in [3.05, 3.63) is 57.6 Å². The quantitative estimate of drug-likeness (QED) is 0.619. The summed E-state index contributed by atoms with van der Waals surface area (Å²) in [5.41, 5.74) is 4.31. The normalized spacial score (nSPS) is 15.5. The monoisotopic (exact) mass is 423 g/mol. The molecule has 1 aromatic carbocycles. The van der Waals surface area contributed by atoms with Crippen molar-refractivity contribution >= 4 is 27.5 Å². The number of hydrogen-bond acceptors (Lipinski definition) is 5. The molecule has 4 rings (SSSR count). The van der Waals surface area contributed by atoms with Gasteiger partial charge in [0.1, 0.15) is 10.6 Å². The molecule has 1 fully saturated rings. The number of carbonyl (C=O) groups is 1. The van der Waals surface area contributed by atoms with Crippen LogP contribution in [-0.2, 0) is 0 Å². The molecule has 2 aromatic heterocycles. The zero-order chi connectivity index (χ0) is 21.3. The van der Waals surface area contributed by atoms with Crippen LogP contribution in [0.3, 0.4) is 0 Å². The molecule has 0 aliphatic carbocycles. The lowest BCUT2D eigenvalue weighted by Crippen LogP contribution is -2.37. The number of likely N-dealkylation sites (tertiary alicyclic amines) is 1. The van der Waals surface area contributed by atoms with Gasteiger partial charge in [0, 0.05) is 23.2 Å². The molecule has 0 bridgehead atoms. The number of amides is 1. The van der Waals surface area contributed by atoms with Crippen LogP contribution in [0.2, 0.25) is 0 Å². The maximum absolute atomic E-state index is 13.2. The van der Waals surface area contributed by atoms with Gasteiger partial charge in [-0.3, -0.25) is 9.69 Å². The molecule has 0 saturated carbocycles. The van der Waals surface area contributed by atoms with Crippen molar-refractivity contribution in [3.8, 4) is 5.75 Å². The maximum atomic E-state index is 13.2. The number of methoxy groups -OCH3 is 1. The lowest BCUT2D eigenvalue weighted by Gasteiger charge is -2.29. The van der Waals surface area contributed by atoms with Crippen LogP contribution in [0, 0.1) is 20.8 Å². The van der Waals surface area contributed by atoms with Crippen LogP contribution in [0.1, 0.15) is 50.9 Å². The van der Waals surface area contributed by atoms with Gasteiger partial charge in [0.05, 0.1) is 18.0 Å². The van der Waals surface area contributed by atoms with Gasteiger partial charge in [-0.05, 0) is 70.0 Å². The number of rotatable bonds is 6. The predicted molar refractivity (Wildman–Crippen MR) is 123 cm³/mol. The Labute approximate surface area is 182 Å². The number of benzene rings is 1. The first kappa shape index (κ1) is 20.8. The van der Waals surface area contributed by atoms with E-state index in [1.807, 2.05) is 32.0 Å². The lowest BCUT2D eigenvalue weighted by atomic mass is 10.0. The van der Waals surface area contributed by atoms with Crippen LogP contribution in [0.4, 0.5) is 0 Å². The fraction of sp³-hybridized carbons (Fsp3) is 0.417. The van der Waals surface area contributed by atoms with Gasteiger partial charge in [-0.25, -0.2) is 4.98 Å². The van der Waals surface area contributed by atoms with Gasteiger partial charge in [0.15, 0.2) is 0 Å². The summed E-state index contributed by atoms with van der Waals surface area (Å²) in [6, 6.07) is 10.3. The smallest absolute Gasteiger partial charge is 0.261 e. The summed E-state index contributed by atoms with van der Waals surface area (Å²) >= 11 is 1.49. The molecule has 6 heteroatoms. The average molecular weight is 424 g/mol. The zero-order valence-electron chi connectivity index (χ0n) is 18.1. The fourth-order valence-electron chi connectivity index (χ4n) is 4.54. The highest BCUT2D eigenvalue weighted by Gasteiger charge is 2.27.